The molecule has 0 aliphatic heterocycles. The summed E-state index contributed by atoms with van der Waals surface area (Å²) >= 11 is 0. The number of alkyl carbamates (subject to hydrolysis) is 2. The SMILES string of the molecule is CC(C)(C)OC(=O)NCCNC(=O)c1nc(N)c(C(=O)NCCNC(=O)OC(C)(C)C)nc1N. The van der Waals surface area contributed by atoms with Gasteiger partial charge in [-0.05, 0) is 41.5 Å². The lowest BCUT2D eigenvalue weighted by Crippen LogP contribution is -2.39. The monoisotopic (exact) mass is 482 g/mol. The van der Waals surface area contributed by atoms with E-state index in [0.29, 0.717) is 0 Å². The third-order valence-corrected chi connectivity index (χ3v) is 3.54. The molecule has 0 atom stereocenters. The van der Waals surface area contributed by atoms with E-state index in [0.717, 1.165) is 0 Å². The quantitative estimate of drug-likeness (QED) is 0.276. The normalized spacial score (nSPS) is 11.2. The Morgan fingerprint density at radius 2 is 0.941 bits per heavy atom. The van der Waals surface area contributed by atoms with Crippen LogP contribution in [-0.4, -0.2) is 71.3 Å². The highest BCUT2D eigenvalue weighted by molar-refractivity contribution is 6.00. The Morgan fingerprint density at radius 1 is 0.647 bits per heavy atom. The minimum absolute atomic E-state index is 0.0615. The van der Waals surface area contributed by atoms with E-state index in [-0.39, 0.29) is 49.2 Å². The largest absolute Gasteiger partial charge is 0.444 e. The van der Waals surface area contributed by atoms with Crippen molar-refractivity contribution in [1.29, 1.82) is 0 Å². The van der Waals surface area contributed by atoms with E-state index >= 15 is 0 Å². The first kappa shape index (κ1) is 28.2. The number of nitrogens with two attached hydrogens (primary N) is 2. The van der Waals surface area contributed by atoms with Gasteiger partial charge in [0.2, 0.25) is 0 Å². The van der Waals surface area contributed by atoms with Gasteiger partial charge in [0, 0.05) is 26.2 Å². The highest BCUT2D eigenvalue weighted by Crippen LogP contribution is 2.13. The van der Waals surface area contributed by atoms with Gasteiger partial charge in [-0.3, -0.25) is 9.59 Å². The lowest BCUT2D eigenvalue weighted by molar-refractivity contribution is 0.0516. The number of hydrogen-bond donors (Lipinski definition) is 6. The van der Waals surface area contributed by atoms with Crippen LogP contribution in [0.4, 0.5) is 21.2 Å². The van der Waals surface area contributed by atoms with Crippen molar-refractivity contribution in [2.24, 2.45) is 0 Å². The van der Waals surface area contributed by atoms with E-state index < -0.39 is 35.2 Å². The molecule has 0 saturated carbocycles. The second kappa shape index (κ2) is 11.9. The molecule has 0 fully saturated rings. The summed E-state index contributed by atoms with van der Waals surface area (Å²) in [5, 5.41) is 9.97. The molecule has 0 saturated heterocycles. The zero-order valence-electron chi connectivity index (χ0n) is 20.3. The van der Waals surface area contributed by atoms with Crippen molar-refractivity contribution < 1.29 is 28.7 Å². The van der Waals surface area contributed by atoms with E-state index in [1.54, 1.807) is 41.5 Å². The zero-order chi connectivity index (χ0) is 26.1. The summed E-state index contributed by atoms with van der Waals surface area (Å²) in [4.78, 5) is 55.5. The van der Waals surface area contributed by atoms with Crippen molar-refractivity contribution in [3.05, 3.63) is 11.4 Å². The molecule has 0 radical (unpaired) electrons. The highest BCUT2D eigenvalue weighted by Gasteiger charge is 2.21. The highest BCUT2D eigenvalue weighted by atomic mass is 16.6. The van der Waals surface area contributed by atoms with Crippen LogP contribution in [0, 0.1) is 0 Å². The van der Waals surface area contributed by atoms with E-state index in [1.807, 2.05) is 0 Å². The molecule has 0 aliphatic carbocycles. The molecule has 0 aliphatic rings. The van der Waals surface area contributed by atoms with Crippen LogP contribution in [0.5, 0.6) is 0 Å². The number of hydrogen-bond acceptors (Lipinski definition) is 10. The van der Waals surface area contributed by atoms with Crippen LogP contribution in [0.15, 0.2) is 0 Å². The maximum atomic E-state index is 12.3. The minimum Gasteiger partial charge on any atom is -0.444 e. The first-order chi connectivity index (χ1) is 15.6. The van der Waals surface area contributed by atoms with Gasteiger partial charge in [-0.25, -0.2) is 19.6 Å². The molecule has 4 amide bonds. The Balaban J connectivity index is 2.55. The molecule has 1 aromatic heterocycles. The van der Waals surface area contributed by atoms with Crippen LogP contribution < -0.4 is 32.7 Å². The molecule has 1 rings (SSSR count). The van der Waals surface area contributed by atoms with Gasteiger partial charge in [0.15, 0.2) is 23.0 Å². The number of carbonyl (C=O) groups is 4. The summed E-state index contributed by atoms with van der Waals surface area (Å²) in [6.07, 6.45) is -1.25. The first-order valence-electron chi connectivity index (χ1n) is 10.5. The predicted octanol–water partition coefficient (Wildman–Crippen LogP) is 0.150. The molecule has 14 heteroatoms. The van der Waals surface area contributed by atoms with Gasteiger partial charge in [0.1, 0.15) is 11.2 Å². The van der Waals surface area contributed by atoms with Gasteiger partial charge >= 0.3 is 12.2 Å². The van der Waals surface area contributed by atoms with E-state index in [4.69, 9.17) is 20.9 Å². The lowest BCUT2D eigenvalue weighted by Gasteiger charge is -2.19. The summed E-state index contributed by atoms with van der Waals surface area (Å²) < 4.78 is 10.2. The Bertz CT molecular complexity index is 834. The Labute approximate surface area is 197 Å². The van der Waals surface area contributed by atoms with Crippen LogP contribution in [0.2, 0.25) is 0 Å². The lowest BCUT2D eigenvalue weighted by atomic mass is 10.2. The summed E-state index contributed by atoms with van der Waals surface area (Å²) in [6.45, 7) is 10.7. The summed E-state index contributed by atoms with van der Waals surface area (Å²) in [6, 6.07) is 0. The first-order valence-corrected chi connectivity index (χ1v) is 10.5. The maximum absolute atomic E-state index is 12.3. The van der Waals surface area contributed by atoms with E-state index in [1.165, 1.54) is 0 Å². The number of ether oxygens (including phenoxy) is 2. The predicted molar refractivity (Wildman–Crippen MR) is 124 cm³/mol. The van der Waals surface area contributed by atoms with Gasteiger partial charge in [-0.15, -0.1) is 0 Å². The third-order valence-electron chi connectivity index (χ3n) is 3.54. The smallest absolute Gasteiger partial charge is 0.407 e. The molecule has 190 valence electrons. The Kier molecular flexibility index (Phi) is 9.83. The average molecular weight is 483 g/mol. The van der Waals surface area contributed by atoms with Crippen LogP contribution in [0.3, 0.4) is 0 Å². The molecule has 0 spiro atoms. The fraction of sp³-hybridized carbons (Fsp3) is 0.600. The van der Waals surface area contributed by atoms with Gasteiger partial charge in [-0.2, -0.15) is 0 Å². The van der Waals surface area contributed by atoms with E-state index in [9.17, 15) is 19.2 Å². The maximum Gasteiger partial charge on any atom is 0.407 e. The van der Waals surface area contributed by atoms with Crippen LogP contribution >= 0.6 is 0 Å². The average Bonchev–Trinajstić information content (AvgIpc) is 2.67. The number of carbonyl (C=O) groups excluding carboxylic acids is 4. The topological polar surface area (TPSA) is 213 Å². The summed E-state index contributed by atoms with van der Waals surface area (Å²) in [5.41, 5.74) is 9.73. The molecule has 0 bridgehead atoms. The van der Waals surface area contributed by atoms with Crippen molar-refractivity contribution >= 4 is 35.6 Å². The Hall–Kier alpha value is -3.84. The van der Waals surface area contributed by atoms with Gasteiger partial charge in [0.05, 0.1) is 0 Å². The van der Waals surface area contributed by atoms with Crippen LogP contribution in [0.1, 0.15) is 62.5 Å². The fourth-order valence-electron chi connectivity index (χ4n) is 2.27. The third kappa shape index (κ3) is 10.7. The number of rotatable bonds is 8. The molecule has 0 unspecified atom stereocenters. The molecule has 8 N–H and O–H groups in total. The second-order valence-corrected chi connectivity index (χ2v) is 9.06. The fourth-order valence-corrected chi connectivity index (χ4v) is 2.27. The standard InChI is InChI=1S/C20H34N8O6/c1-19(2,3)33-17(31)25-9-7-23-15(29)11-13(21)28-12(14(22)27-11)16(30)24-8-10-26-18(32)34-20(4,5)6/h7-10H2,1-6H3,(H2,22,27)(H2,21,28)(H,23,29)(H,24,30)(H,25,31)(H,26,32). The number of aromatic nitrogens is 2. The molecule has 0 aromatic carbocycles. The molecule has 14 nitrogen and oxygen atoms in total. The number of anilines is 2. The number of nitrogens with zero attached hydrogens (tertiary/aromatic N) is 2. The summed E-state index contributed by atoms with van der Waals surface area (Å²) in [7, 11) is 0. The minimum atomic E-state index is -0.684. The van der Waals surface area contributed by atoms with Crippen molar-refractivity contribution in [3.8, 4) is 0 Å². The van der Waals surface area contributed by atoms with Crippen LogP contribution in [-0.2, 0) is 9.47 Å². The molecular formula is C20H34N8O6. The number of nitrogen functional groups attached to an aromatic ring is 2. The van der Waals surface area contributed by atoms with Crippen molar-refractivity contribution in [2.75, 3.05) is 37.6 Å². The zero-order valence-corrected chi connectivity index (χ0v) is 20.3. The molecule has 1 heterocycles. The molecule has 1 aromatic rings. The van der Waals surface area contributed by atoms with Crippen molar-refractivity contribution in [1.82, 2.24) is 31.2 Å². The number of amides is 4. The Morgan fingerprint density at radius 3 is 1.24 bits per heavy atom. The molecule has 34 heavy (non-hydrogen) atoms. The molecular weight excluding hydrogens is 448 g/mol. The number of nitrogens with one attached hydrogen (secondary N) is 4. The van der Waals surface area contributed by atoms with Gasteiger partial charge < -0.3 is 42.2 Å². The van der Waals surface area contributed by atoms with Crippen molar-refractivity contribution in [3.63, 3.8) is 0 Å². The van der Waals surface area contributed by atoms with Gasteiger partial charge in [0.25, 0.3) is 11.8 Å². The summed E-state index contributed by atoms with van der Waals surface area (Å²) in [5.74, 6) is -1.97. The van der Waals surface area contributed by atoms with Gasteiger partial charge in [-0.1, -0.05) is 0 Å². The van der Waals surface area contributed by atoms with Crippen LogP contribution in [0.25, 0.3) is 0 Å². The van der Waals surface area contributed by atoms with Crippen molar-refractivity contribution in [2.45, 2.75) is 52.7 Å². The second-order valence-electron chi connectivity index (χ2n) is 9.06. The van der Waals surface area contributed by atoms with E-state index in [2.05, 4.69) is 31.2 Å².